The maximum atomic E-state index is 12.6. The molecule has 172 valence electrons. The molecule has 0 saturated carbocycles. The van der Waals surface area contributed by atoms with Crippen LogP contribution >= 0.6 is 0 Å². The number of aromatic nitrogens is 2. The van der Waals surface area contributed by atoms with Gasteiger partial charge in [0.25, 0.3) is 5.91 Å². The van der Waals surface area contributed by atoms with E-state index >= 15 is 0 Å². The van der Waals surface area contributed by atoms with Gasteiger partial charge in [0.1, 0.15) is 0 Å². The lowest BCUT2D eigenvalue weighted by atomic mass is 10.1. The van der Waals surface area contributed by atoms with Gasteiger partial charge in [-0.15, -0.1) is 0 Å². The van der Waals surface area contributed by atoms with Crippen LogP contribution in [0.5, 0.6) is 11.5 Å². The van der Waals surface area contributed by atoms with Gasteiger partial charge in [-0.3, -0.25) is 9.59 Å². The van der Waals surface area contributed by atoms with E-state index in [1.165, 1.54) is 0 Å². The van der Waals surface area contributed by atoms with Gasteiger partial charge >= 0.3 is 0 Å². The number of likely N-dealkylation sites (tertiary alicyclic amines) is 1. The van der Waals surface area contributed by atoms with E-state index < -0.39 is 0 Å². The summed E-state index contributed by atoms with van der Waals surface area (Å²) >= 11 is 0. The molecule has 0 aliphatic carbocycles. The molecule has 9 heteroatoms. The molecule has 1 saturated heterocycles. The number of amides is 2. The van der Waals surface area contributed by atoms with Gasteiger partial charge in [0.2, 0.25) is 17.6 Å². The normalized spacial score (nSPS) is 13.1. The molecule has 1 fully saturated rings. The number of rotatable bonds is 8. The van der Waals surface area contributed by atoms with E-state index in [0.717, 1.165) is 25.9 Å². The maximum Gasteiger partial charge on any atom is 0.253 e. The van der Waals surface area contributed by atoms with Gasteiger partial charge in [-0.25, -0.2) is 0 Å². The molecular weight excluding hydrogens is 424 g/mol. The second-order valence-electron chi connectivity index (χ2n) is 7.71. The lowest BCUT2D eigenvalue weighted by Crippen LogP contribution is -2.27. The molecule has 9 nitrogen and oxygen atoms in total. The molecule has 0 unspecified atom stereocenters. The molecule has 3 aromatic rings. The zero-order valence-electron chi connectivity index (χ0n) is 18.7. The van der Waals surface area contributed by atoms with Crippen molar-refractivity contribution in [3.8, 4) is 22.9 Å². The smallest absolute Gasteiger partial charge is 0.253 e. The fourth-order valence-corrected chi connectivity index (χ4v) is 3.73. The standard InChI is InChI=1S/C24H26N4O5/c1-31-19-9-8-16(15-20(19)32-2)23-26-22(33-27-23)11-10-21(29)25-18-7-5-6-17(14-18)24(30)28-12-3-4-13-28/h5-9,14-15H,3-4,10-13H2,1-2H3,(H,25,29). The van der Waals surface area contributed by atoms with Gasteiger partial charge < -0.3 is 24.2 Å². The van der Waals surface area contributed by atoms with Crippen LogP contribution in [0.4, 0.5) is 5.69 Å². The number of ether oxygens (including phenoxy) is 2. The monoisotopic (exact) mass is 450 g/mol. The number of nitrogens with one attached hydrogen (secondary N) is 1. The lowest BCUT2D eigenvalue weighted by Gasteiger charge is -2.15. The summed E-state index contributed by atoms with van der Waals surface area (Å²) in [5.74, 6) is 1.72. The fraction of sp³-hybridized carbons (Fsp3) is 0.333. The third-order valence-corrected chi connectivity index (χ3v) is 5.46. The summed E-state index contributed by atoms with van der Waals surface area (Å²) in [5.41, 5.74) is 1.87. The number of benzene rings is 2. The fourth-order valence-electron chi connectivity index (χ4n) is 3.73. The molecule has 0 bridgehead atoms. The van der Waals surface area contributed by atoms with Crippen molar-refractivity contribution in [3.63, 3.8) is 0 Å². The van der Waals surface area contributed by atoms with Crippen molar-refractivity contribution >= 4 is 17.5 Å². The summed E-state index contributed by atoms with van der Waals surface area (Å²) in [4.78, 5) is 31.2. The predicted octanol–water partition coefficient (Wildman–Crippen LogP) is 3.56. The largest absolute Gasteiger partial charge is 0.493 e. The van der Waals surface area contributed by atoms with E-state index in [1.54, 1.807) is 56.7 Å². The summed E-state index contributed by atoms with van der Waals surface area (Å²) in [7, 11) is 3.12. The van der Waals surface area contributed by atoms with Crippen molar-refractivity contribution in [2.24, 2.45) is 0 Å². The van der Waals surface area contributed by atoms with E-state index in [2.05, 4.69) is 15.5 Å². The first-order valence-electron chi connectivity index (χ1n) is 10.8. The molecule has 2 heterocycles. The summed E-state index contributed by atoms with van der Waals surface area (Å²) in [6, 6.07) is 12.3. The Morgan fingerprint density at radius 3 is 2.61 bits per heavy atom. The molecule has 0 spiro atoms. The van der Waals surface area contributed by atoms with E-state index in [4.69, 9.17) is 14.0 Å². The highest BCUT2D eigenvalue weighted by molar-refractivity contribution is 5.97. The Morgan fingerprint density at radius 1 is 1.06 bits per heavy atom. The zero-order valence-corrected chi connectivity index (χ0v) is 18.7. The molecular formula is C24H26N4O5. The molecule has 2 amide bonds. The number of anilines is 1. The summed E-state index contributed by atoms with van der Waals surface area (Å²) in [6.45, 7) is 1.57. The van der Waals surface area contributed by atoms with Gasteiger partial charge in [-0.05, 0) is 49.2 Å². The van der Waals surface area contributed by atoms with Crippen molar-refractivity contribution in [2.75, 3.05) is 32.6 Å². The number of carbonyl (C=O) groups excluding carboxylic acids is 2. The molecule has 33 heavy (non-hydrogen) atoms. The third-order valence-electron chi connectivity index (χ3n) is 5.46. The Morgan fingerprint density at radius 2 is 1.85 bits per heavy atom. The average molecular weight is 450 g/mol. The summed E-state index contributed by atoms with van der Waals surface area (Å²) in [5, 5.41) is 6.83. The quantitative estimate of drug-likeness (QED) is 0.559. The highest BCUT2D eigenvalue weighted by atomic mass is 16.5. The predicted molar refractivity (Wildman–Crippen MR) is 121 cm³/mol. The Hall–Kier alpha value is -3.88. The van der Waals surface area contributed by atoms with Crippen molar-refractivity contribution in [3.05, 3.63) is 53.9 Å². The van der Waals surface area contributed by atoms with Crippen molar-refractivity contribution in [1.29, 1.82) is 0 Å². The van der Waals surface area contributed by atoms with E-state index in [-0.39, 0.29) is 18.2 Å². The van der Waals surface area contributed by atoms with Gasteiger partial charge in [0.05, 0.1) is 14.2 Å². The first kappa shape index (κ1) is 22.3. The average Bonchev–Trinajstić information content (AvgIpc) is 3.54. The second kappa shape index (κ2) is 10.2. The number of hydrogen-bond acceptors (Lipinski definition) is 7. The minimum absolute atomic E-state index is 0.00264. The highest BCUT2D eigenvalue weighted by Gasteiger charge is 2.20. The number of methoxy groups -OCH3 is 2. The van der Waals surface area contributed by atoms with Crippen molar-refractivity contribution < 1.29 is 23.6 Å². The lowest BCUT2D eigenvalue weighted by molar-refractivity contribution is -0.116. The topological polar surface area (TPSA) is 107 Å². The molecule has 1 N–H and O–H groups in total. The van der Waals surface area contributed by atoms with E-state index in [1.807, 2.05) is 4.90 Å². The molecule has 1 aliphatic heterocycles. The van der Waals surface area contributed by atoms with Crippen LogP contribution in [0.2, 0.25) is 0 Å². The zero-order chi connectivity index (χ0) is 23.2. The van der Waals surface area contributed by atoms with Crippen LogP contribution in [0.1, 0.15) is 35.5 Å². The third kappa shape index (κ3) is 5.31. The van der Waals surface area contributed by atoms with E-state index in [0.29, 0.717) is 46.4 Å². The Kier molecular flexibility index (Phi) is 6.87. The summed E-state index contributed by atoms with van der Waals surface area (Å²) < 4.78 is 15.8. The Labute approximate surface area is 191 Å². The van der Waals surface area contributed by atoms with Crippen LogP contribution in [-0.2, 0) is 11.2 Å². The van der Waals surface area contributed by atoms with Crippen LogP contribution in [0, 0.1) is 0 Å². The highest BCUT2D eigenvalue weighted by Crippen LogP contribution is 2.31. The second-order valence-corrected chi connectivity index (χ2v) is 7.71. The number of aryl methyl sites for hydroxylation is 1. The van der Waals surface area contributed by atoms with Gasteiger partial charge in [0, 0.05) is 42.7 Å². The summed E-state index contributed by atoms with van der Waals surface area (Å²) in [6.07, 6.45) is 2.52. The first-order valence-corrected chi connectivity index (χ1v) is 10.8. The number of carbonyl (C=O) groups is 2. The minimum atomic E-state index is -0.202. The number of nitrogens with zero attached hydrogens (tertiary/aromatic N) is 3. The van der Waals surface area contributed by atoms with Crippen LogP contribution in [0.25, 0.3) is 11.4 Å². The minimum Gasteiger partial charge on any atom is -0.493 e. The Balaban J connectivity index is 1.34. The first-order chi connectivity index (χ1) is 16.1. The number of hydrogen-bond donors (Lipinski definition) is 1. The Bertz CT molecular complexity index is 1140. The van der Waals surface area contributed by atoms with Crippen molar-refractivity contribution in [2.45, 2.75) is 25.7 Å². The molecule has 2 aromatic carbocycles. The molecule has 1 aromatic heterocycles. The van der Waals surface area contributed by atoms with Crippen LogP contribution in [0.15, 0.2) is 47.0 Å². The maximum absolute atomic E-state index is 12.6. The van der Waals surface area contributed by atoms with Crippen LogP contribution in [-0.4, -0.2) is 54.2 Å². The molecule has 0 radical (unpaired) electrons. The van der Waals surface area contributed by atoms with Crippen LogP contribution in [0.3, 0.4) is 0 Å². The van der Waals surface area contributed by atoms with Crippen molar-refractivity contribution in [1.82, 2.24) is 15.0 Å². The van der Waals surface area contributed by atoms with Gasteiger partial charge in [-0.1, -0.05) is 11.2 Å². The molecule has 4 rings (SSSR count). The van der Waals surface area contributed by atoms with Crippen LogP contribution < -0.4 is 14.8 Å². The SMILES string of the molecule is COc1ccc(-c2noc(CCC(=O)Nc3cccc(C(=O)N4CCCC4)c3)n2)cc1OC. The van der Waals surface area contributed by atoms with Gasteiger partial charge in [-0.2, -0.15) is 4.98 Å². The van der Waals surface area contributed by atoms with Gasteiger partial charge in [0.15, 0.2) is 11.5 Å². The molecule has 1 aliphatic rings. The molecule has 0 atom stereocenters. The van der Waals surface area contributed by atoms with E-state index in [9.17, 15) is 9.59 Å².